The quantitative estimate of drug-likeness (QED) is 0.782. The number of ether oxygens (including phenoxy) is 1. The Hall–Kier alpha value is -1.35. The summed E-state index contributed by atoms with van der Waals surface area (Å²) in [6.07, 6.45) is 2.00. The van der Waals surface area contributed by atoms with Crippen LogP contribution in [0.15, 0.2) is 30.3 Å². The van der Waals surface area contributed by atoms with Gasteiger partial charge >= 0.3 is 5.97 Å². The summed E-state index contributed by atoms with van der Waals surface area (Å²) < 4.78 is 5.36. The van der Waals surface area contributed by atoms with Gasteiger partial charge in [-0.05, 0) is 42.2 Å². The van der Waals surface area contributed by atoms with Gasteiger partial charge in [-0.2, -0.15) is 0 Å². The van der Waals surface area contributed by atoms with Crippen molar-refractivity contribution in [2.75, 3.05) is 6.61 Å². The van der Waals surface area contributed by atoms with E-state index in [2.05, 4.69) is 13.8 Å². The minimum absolute atomic E-state index is 0.148. The fourth-order valence-corrected chi connectivity index (χ4v) is 2.90. The third-order valence-corrected chi connectivity index (χ3v) is 4.86. The largest absolute Gasteiger partial charge is 0.462 e. The maximum absolute atomic E-state index is 11.9. The van der Waals surface area contributed by atoms with Crippen molar-refractivity contribution in [1.82, 2.24) is 0 Å². The highest BCUT2D eigenvalue weighted by Gasteiger charge is 2.43. The maximum atomic E-state index is 11.9. The van der Waals surface area contributed by atoms with E-state index in [-0.39, 0.29) is 23.9 Å². The summed E-state index contributed by atoms with van der Waals surface area (Å²) in [5.41, 5.74) is 0.575. The van der Waals surface area contributed by atoms with Gasteiger partial charge < -0.3 is 9.84 Å². The smallest absolute Gasteiger partial charge is 0.338 e. The number of rotatable bonds is 7. The molecule has 1 fully saturated rings. The molecule has 0 aromatic heterocycles. The van der Waals surface area contributed by atoms with Gasteiger partial charge in [0, 0.05) is 0 Å². The van der Waals surface area contributed by atoms with Gasteiger partial charge in [0.15, 0.2) is 0 Å². The highest BCUT2D eigenvalue weighted by atomic mass is 16.5. The van der Waals surface area contributed by atoms with Gasteiger partial charge in [0.1, 0.15) is 0 Å². The van der Waals surface area contributed by atoms with Gasteiger partial charge in [0.2, 0.25) is 0 Å². The summed E-state index contributed by atoms with van der Waals surface area (Å²) in [6.45, 7) is 6.62. The Bertz CT molecular complexity index is 457. The lowest BCUT2D eigenvalue weighted by Gasteiger charge is -2.25. The molecule has 0 spiro atoms. The zero-order chi connectivity index (χ0) is 15.4. The molecule has 0 radical (unpaired) electrons. The van der Waals surface area contributed by atoms with Crippen molar-refractivity contribution in [1.29, 1.82) is 0 Å². The molecule has 1 aromatic rings. The fourth-order valence-electron chi connectivity index (χ4n) is 2.90. The van der Waals surface area contributed by atoms with E-state index in [1.165, 1.54) is 0 Å². The van der Waals surface area contributed by atoms with Crippen LogP contribution in [-0.4, -0.2) is 23.8 Å². The van der Waals surface area contributed by atoms with Crippen LogP contribution in [-0.2, 0) is 4.74 Å². The normalized spacial score (nSPS) is 25.0. The summed E-state index contributed by atoms with van der Waals surface area (Å²) >= 11 is 0. The van der Waals surface area contributed by atoms with Crippen molar-refractivity contribution < 1.29 is 14.6 Å². The molecular weight excluding hydrogens is 264 g/mol. The van der Waals surface area contributed by atoms with E-state index in [1.54, 1.807) is 12.1 Å². The first-order chi connectivity index (χ1) is 10.0. The van der Waals surface area contributed by atoms with Crippen molar-refractivity contribution in [3.8, 4) is 0 Å². The van der Waals surface area contributed by atoms with E-state index >= 15 is 0 Å². The molecule has 1 aromatic carbocycles. The Kier molecular flexibility index (Phi) is 5.40. The molecule has 0 bridgehead atoms. The Morgan fingerprint density at radius 1 is 1.33 bits per heavy atom. The predicted molar refractivity (Wildman–Crippen MR) is 82.9 cm³/mol. The van der Waals surface area contributed by atoms with Crippen molar-refractivity contribution in [2.24, 2.45) is 23.7 Å². The summed E-state index contributed by atoms with van der Waals surface area (Å²) in [6, 6.07) is 9.02. The van der Waals surface area contributed by atoms with Gasteiger partial charge in [-0.1, -0.05) is 45.4 Å². The van der Waals surface area contributed by atoms with E-state index in [0.29, 0.717) is 24.0 Å². The minimum Gasteiger partial charge on any atom is -0.462 e. The molecule has 0 heterocycles. The minimum atomic E-state index is -0.290. The van der Waals surface area contributed by atoms with E-state index < -0.39 is 0 Å². The molecule has 116 valence electrons. The van der Waals surface area contributed by atoms with Crippen LogP contribution in [0.1, 0.15) is 44.0 Å². The first-order valence-corrected chi connectivity index (χ1v) is 7.94. The zero-order valence-electron chi connectivity index (χ0n) is 13.2. The Labute approximate surface area is 127 Å². The molecule has 5 atom stereocenters. The molecule has 0 aliphatic heterocycles. The van der Waals surface area contributed by atoms with Gasteiger partial charge in [0.25, 0.3) is 0 Å². The van der Waals surface area contributed by atoms with Crippen molar-refractivity contribution >= 4 is 5.97 Å². The van der Waals surface area contributed by atoms with Gasteiger partial charge in [-0.3, -0.25) is 0 Å². The van der Waals surface area contributed by atoms with Crippen LogP contribution in [0.3, 0.4) is 0 Å². The molecule has 5 unspecified atom stereocenters. The number of hydrogen-bond donors (Lipinski definition) is 1. The third-order valence-electron chi connectivity index (χ3n) is 4.86. The van der Waals surface area contributed by atoms with Crippen LogP contribution < -0.4 is 0 Å². The molecule has 1 aliphatic carbocycles. The molecule has 3 heteroatoms. The molecule has 1 N–H and O–H groups in total. The molecule has 2 rings (SSSR count). The second-order valence-corrected chi connectivity index (χ2v) is 6.36. The lowest BCUT2D eigenvalue weighted by atomic mass is 9.88. The van der Waals surface area contributed by atoms with E-state index in [0.717, 1.165) is 12.8 Å². The predicted octanol–water partition coefficient (Wildman–Crippen LogP) is 3.52. The summed E-state index contributed by atoms with van der Waals surface area (Å²) in [5, 5.41) is 10.4. The molecule has 3 nitrogen and oxygen atoms in total. The number of aliphatic hydroxyl groups is 1. The molecule has 21 heavy (non-hydrogen) atoms. The number of carbonyl (C=O) groups excluding carboxylic acids is 1. The zero-order valence-corrected chi connectivity index (χ0v) is 13.2. The SMILES string of the molecule is CCC1CC1C(O)C(C)C(C)COC(=O)c1ccccc1. The average molecular weight is 290 g/mol. The highest BCUT2D eigenvalue weighted by Crippen LogP contribution is 2.46. The second kappa shape index (κ2) is 7.08. The fraction of sp³-hybridized carbons (Fsp3) is 0.611. The van der Waals surface area contributed by atoms with Crippen LogP contribution in [0, 0.1) is 23.7 Å². The van der Waals surface area contributed by atoms with Gasteiger partial charge in [0.05, 0.1) is 18.3 Å². The standard InChI is InChI=1S/C18H26O3/c1-4-14-10-16(14)17(19)13(3)12(2)11-21-18(20)15-8-6-5-7-9-15/h5-9,12-14,16-17,19H,4,10-11H2,1-3H3. The number of aliphatic hydroxyl groups excluding tert-OH is 1. The number of hydrogen-bond acceptors (Lipinski definition) is 3. The third kappa shape index (κ3) is 4.07. The Morgan fingerprint density at radius 2 is 2.00 bits per heavy atom. The Balaban J connectivity index is 1.79. The molecule has 1 saturated carbocycles. The van der Waals surface area contributed by atoms with E-state index in [4.69, 9.17) is 4.74 Å². The Morgan fingerprint density at radius 3 is 2.57 bits per heavy atom. The van der Waals surface area contributed by atoms with Crippen LogP contribution in [0.4, 0.5) is 0 Å². The second-order valence-electron chi connectivity index (χ2n) is 6.36. The van der Waals surface area contributed by atoms with Crippen molar-refractivity contribution in [3.05, 3.63) is 35.9 Å². The van der Waals surface area contributed by atoms with Crippen LogP contribution >= 0.6 is 0 Å². The van der Waals surface area contributed by atoms with E-state index in [9.17, 15) is 9.90 Å². The monoisotopic (exact) mass is 290 g/mol. The lowest BCUT2D eigenvalue weighted by molar-refractivity contribution is 0.0194. The molecule has 0 saturated heterocycles. The summed E-state index contributed by atoms with van der Waals surface area (Å²) in [7, 11) is 0. The number of esters is 1. The van der Waals surface area contributed by atoms with Crippen molar-refractivity contribution in [3.63, 3.8) is 0 Å². The molecule has 1 aliphatic rings. The highest BCUT2D eigenvalue weighted by molar-refractivity contribution is 5.89. The van der Waals surface area contributed by atoms with Crippen LogP contribution in [0.5, 0.6) is 0 Å². The molecule has 0 amide bonds. The molecular formula is C18H26O3. The van der Waals surface area contributed by atoms with Crippen LogP contribution in [0.2, 0.25) is 0 Å². The summed E-state index contributed by atoms with van der Waals surface area (Å²) in [4.78, 5) is 11.9. The van der Waals surface area contributed by atoms with Gasteiger partial charge in [-0.15, -0.1) is 0 Å². The lowest BCUT2D eigenvalue weighted by Crippen LogP contribution is -2.29. The van der Waals surface area contributed by atoms with E-state index in [1.807, 2.05) is 25.1 Å². The summed E-state index contributed by atoms with van der Waals surface area (Å²) in [5.74, 6) is 1.14. The van der Waals surface area contributed by atoms with Gasteiger partial charge in [-0.25, -0.2) is 4.79 Å². The first-order valence-electron chi connectivity index (χ1n) is 7.94. The van der Waals surface area contributed by atoms with Crippen molar-refractivity contribution in [2.45, 2.75) is 39.7 Å². The topological polar surface area (TPSA) is 46.5 Å². The first kappa shape index (κ1) is 16.0. The van der Waals surface area contributed by atoms with Crippen LogP contribution in [0.25, 0.3) is 0 Å². The average Bonchev–Trinajstić information content (AvgIpc) is 3.31. The maximum Gasteiger partial charge on any atom is 0.338 e. The number of benzene rings is 1. The number of carbonyl (C=O) groups is 1.